The Morgan fingerprint density at radius 2 is 1.81 bits per heavy atom. The molecule has 0 aromatic heterocycles. The Morgan fingerprint density at radius 3 is 2.48 bits per heavy atom. The van der Waals surface area contributed by atoms with Crippen LogP contribution in [0.1, 0.15) is 33.6 Å². The summed E-state index contributed by atoms with van der Waals surface area (Å²) < 4.78 is 28.7. The van der Waals surface area contributed by atoms with Gasteiger partial charge in [-0.1, -0.05) is 0 Å². The van der Waals surface area contributed by atoms with Crippen LogP contribution in [0.3, 0.4) is 0 Å². The molecule has 7 nitrogen and oxygen atoms in total. The number of Topliss-reactive ketones (excluding diaryl/α,β-unsaturated/α-hetero) is 1. The van der Waals surface area contributed by atoms with Gasteiger partial charge in [-0.25, -0.2) is 4.39 Å². The smallest absolute Gasteiger partial charge is 0.311 e. The SMILES string of the molecule is COc1ccc(C(=O)COC(=O)C2CCCN(C(=O)c3ccc(F)cc3)C2)c(OC)c1. The molecule has 0 spiro atoms. The number of hydrogen-bond donors (Lipinski definition) is 0. The lowest BCUT2D eigenvalue weighted by atomic mass is 9.97. The Balaban J connectivity index is 1.58. The van der Waals surface area contributed by atoms with Gasteiger partial charge in [0.05, 0.1) is 25.7 Å². The summed E-state index contributed by atoms with van der Waals surface area (Å²) in [5.74, 6) is -1.27. The van der Waals surface area contributed by atoms with E-state index in [0.717, 1.165) is 0 Å². The van der Waals surface area contributed by atoms with Crippen molar-refractivity contribution in [2.45, 2.75) is 12.8 Å². The fourth-order valence-corrected chi connectivity index (χ4v) is 3.49. The molecule has 0 saturated carbocycles. The monoisotopic (exact) mass is 429 g/mol. The van der Waals surface area contributed by atoms with Crippen LogP contribution in [0.15, 0.2) is 42.5 Å². The third-order valence-corrected chi connectivity index (χ3v) is 5.19. The van der Waals surface area contributed by atoms with Crippen LogP contribution in [0.25, 0.3) is 0 Å². The van der Waals surface area contributed by atoms with Gasteiger partial charge in [-0.3, -0.25) is 14.4 Å². The minimum Gasteiger partial charge on any atom is -0.497 e. The van der Waals surface area contributed by atoms with E-state index in [2.05, 4.69) is 0 Å². The van der Waals surface area contributed by atoms with Crippen molar-refractivity contribution in [1.29, 1.82) is 0 Å². The molecule has 0 N–H and O–H groups in total. The van der Waals surface area contributed by atoms with E-state index in [1.165, 1.54) is 38.5 Å². The molecule has 1 atom stereocenters. The van der Waals surface area contributed by atoms with Crippen molar-refractivity contribution >= 4 is 17.7 Å². The van der Waals surface area contributed by atoms with Gasteiger partial charge in [0.2, 0.25) is 5.78 Å². The number of ketones is 1. The van der Waals surface area contributed by atoms with E-state index < -0.39 is 30.1 Å². The van der Waals surface area contributed by atoms with E-state index in [1.807, 2.05) is 0 Å². The van der Waals surface area contributed by atoms with Crippen molar-refractivity contribution in [2.24, 2.45) is 5.92 Å². The minimum atomic E-state index is -0.530. The second-order valence-electron chi connectivity index (χ2n) is 7.19. The first-order valence-electron chi connectivity index (χ1n) is 9.89. The maximum atomic E-state index is 13.1. The van der Waals surface area contributed by atoms with Crippen molar-refractivity contribution in [2.75, 3.05) is 33.9 Å². The third-order valence-electron chi connectivity index (χ3n) is 5.19. The first-order chi connectivity index (χ1) is 14.9. The van der Waals surface area contributed by atoms with Crippen molar-refractivity contribution < 1.29 is 33.0 Å². The number of likely N-dealkylation sites (tertiary alicyclic amines) is 1. The zero-order valence-electron chi connectivity index (χ0n) is 17.4. The van der Waals surface area contributed by atoms with Gasteiger partial charge in [0, 0.05) is 24.7 Å². The second-order valence-corrected chi connectivity index (χ2v) is 7.19. The van der Waals surface area contributed by atoms with Gasteiger partial charge in [-0.05, 0) is 49.2 Å². The molecule has 2 aromatic carbocycles. The normalized spacial score (nSPS) is 15.8. The Hall–Kier alpha value is -3.42. The van der Waals surface area contributed by atoms with E-state index in [9.17, 15) is 18.8 Å². The minimum absolute atomic E-state index is 0.190. The number of hydrogen-bond acceptors (Lipinski definition) is 6. The van der Waals surface area contributed by atoms with Crippen molar-refractivity contribution in [1.82, 2.24) is 4.90 Å². The first-order valence-corrected chi connectivity index (χ1v) is 9.89. The molecule has 0 radical (unpaired) electrons. The van der Waals surface area contributed by atoms with Crippen LogP contribution in [0, 0.1) is 11.7 Å². The van der Waals surface area contributed by atoms with Gasteiger partial charge in [-0.2, -0.15) is 0 Å². The lowest BCUT2D eigenvalue weighted by Gasteiger charge is -2.31. The van der Waals surface area contributed by atoms with Crippen LogP contribution in [-0.4, -0.2) is 56.5 Å². The van der Waals surface area contributed by atoms with Crippen molar-refractivity contribution in [3.63, 3.8) is 0 Å². The number of halogens is 1. The van der Waals surface area contributed by atoms with Crippen LogP contribution in [0.5, 0.6) is 11.5 Å². The van der Waals surface area contributed by atoms with Crippen molar-refractivity contribution in [3.05, 3.63) is 59.4 Å². The van der Waals surface area contributed by atoms with Gasteiger partial charge >= 0.3 is 5.97 Å². The van der Waals surface area contributed by atoms with Crippen molar-refractivity contribution in [3.8, 4) is 11.5 Å². The molecule has 1 heterocycles. The second kappa shape index (κ2) is 10.1. The Morgan fingerprint density at radius 1 is 1.06 bits per heavy atom. The van der Waals surface area contributed by atoms with E-state index in [-0.39, 0.29) is 18.0 Å². The highest BCUT2D eigenvalue weighted by molar-refractivity contribution is 6.00. The summed E-state index contributed by atoms with van der Waals surface area (Å²) in [7, 11) is 2.94. The Kier molecular flexibility index (Phi) is 7.23. The highest BCUT2D eigenvalue weighted by atomic mass is 19.1. The lowest BCUT2D eigenvalue weighted by Crippen LogP contribution is -2.43. The van der Waals surface area contributed by atoms with E-state index in [4.69, 9.17) is 14.2 Å². The molecular formula is C23H24FNO6. The summed E-state index contributed by atoms with van der Waals surface area (Å²) >= 11 is 0. The average molecular weight is 429 g/mol. The Labute approximate surface area is 179 Å². The Bertz CT molecular complexity index is 959. The van der Waals surface area contributed by atoms with Crippen LogP contribution in [0.4, 0.5) is 4.39 Å². The molecule has 1 aliphatic rings. The molecule has 3 rings (SSSR count). The summed E-state index contributed by atoms with van der Waals surface area (Å²) in [5, 5.41) is 0. The molecule has 164 valence electrons. The van der Waals surface area contributed by atoms with E-state index in [1.54, 1.807) is 23.1 Å². The molecule has 1 fully saturated rings. The predicted molar refractivity (Wildman–Crippen MR) is 110 cm³/mol. The molecular weight excluding hydrogens is 405 g/mol. The van der Waals surface area contributed by atoms with E-state index >= 15 is 0 Å². The van der Waals surface area contributed by atoms with Crippen LogP contribution in [-0.2, 0) is 9.53 Å². The molecule has 1 amide bonds. The molecule has 0 aliphatic carbocycles. The fourth-order valence-electron chi connectivity index (χ4n) is 3.49. The number of methoxy groups -OCH3 is 2. The number of carbonyl (C=O) groups excluding carboxylic acids is 3. The number of benzene rings is 2. The largest absolute Gasteiger partial charge is 0.497 e. The first kappa shape index (κ1) is 22.3. The molecule has 0 bridgehead atoms. The van der Waals surface area contributed by atoms with Gasteiger partial charge in [0.25, 0.3) is 5.91 Å². The highest BCUT2D eigenvalue weighted by Crippen LogP contribution is 2.25. The quantitative estimate of drug-likeness (QED) is 0.497. The molecule has 2 aromatic rings. The molecule has 1 unspecified atom stereocenters. The molecule has 1 aliphatic heterocycles. The average Bonchev–Trinajstić information content (AvgIpc) is 2.81. The van der Waals surface area contributed by atoms with Crippen LogP contribution >= 0.6 is 0 Å². The number of nitrogens with zero attached hydrogens (tertiary/aromatic N) is 1. The summed E-state index contributed by atoms with van der Waals surface area (Å²) in [6.07, 6.45) is 1.19. The zero-order chi connectivity index (χ0) is 22.4. The zero-order valence-corrected chi connectivity index (χ0v) is 17.4. The van der Waals surface area contributed by atoms with Gasteiger partial charge < -0.3 is 19.1 Å². The lowest BCUT2D eigenvalue weighted by molar-refractivity contribution is -0.148. The maximum absolute atomic E-state index is 13.1. The number of amides is 1. The fraction of sp³-hybridized carbons (Fsp3) is 0.348. The van der Waals surface area contributed by atoms with Crippen LogP contribution < -0.4 is 9.47 Å². The number of carbonyl (C=O) groups is 3. The third kappa shape index (κ3) is 5.39. The summed E-state index contributed by atoms with van der Waals surface area (Å²) in [4.78, 5) is 39.2. The summed E-state index contributed by atoms with van der Waals surface area (Å²) in [6, 6.07) is 10.0. The molecule has 31 heavy (non-hydrogen) atoms. The highest BCUT2D eigenvalue weighted by Gasteiger charge is 2.30. The van der Waals surface area contributed by atoms with Gasteiger partial charge in [0.1, 0.15) is 17.3 Å². The number of esters is 1. The van der Waals surface area contributed by atoms with Gasteiger partial charge in [-0.15, -0.1) is 0 Å². The number of piperidine rings is 1. The number of rotatable bonds is 7. The standard InChI is InChI=1S/C23H24FNO6/c1-29-18-9-10-19(21(12-18)30-2)20(26)14-31-23(28)16-4-3-11-25(13-16)22(27)15-5-7-17(24)8-6-15/h5-10,12,16H,3-4,11,13-14H2,1-2H3. The number of ether oxygens (including phenoxy) is 3. The van der Waals surface area contributed by atoms with Crippen LogP contribution in [0.2, 0.25) is 0 Å². The van der Waals surface area contributed by atoms with Gasteiger partial charge in [0.15, 0.2) is 6.61 Å². The summed E-state index contributed by atoms with van der Waals surface area (Å²) in [5.41, 5.74) is 0.644. The van der Waals surface area contributed by atoms with E-state index in [0.29, 0.717) is 36.4 Å². The predicted octanol–water partition coefficient (Wildman–Crippen LogP) is 3.12. The topological polar surface area (TPSA) is 82.1 Å². The summed E-state index contributed by atoms with van der Waals surface area (Å²) in [6.45, 7) is 0.265. The molecule has 8 heteroatoms. The molecule has 1 saturated heterocycles. The maximum Gasteiger partial charge on any atom is 0.311 e.